The first kappa shape index (κ1) is 18.1. The molecule has 1 aromatic carbocycles. The van der Waals surface area contributed by atoms with Crippen LogP contribution in [0.25, 0.3) is 0 Å². The number of nitrogens with zero attached hydrogens (tertiary/aromatic N) is 1. The van der Waals surface area contributed by atoms with Gasteiger partial charge in [0, 0.05) is 5.38 Å². The summed E-state index contributed by atoms with van der Waals surface area (Å²) < 4.78 is 5.00. The lowest BCUT2D eigenvalue weighted by Crippen LogP contribution is -2.31. The highest BCUT2D eigenvalue weighted by Crippen LogP contribution is 2.13. The number of ether oxygens (including phenoxy) is 1. The first-order valence-corrected chi connectivity index (χ1v) is 8.80. The highest BCUT2D eigenvalue weighted by molar-refractivity contribution is 7.09. The lowest BCUT2D eigenvalue weighted by Gasteiger charge is -2.14. The van der Waals surface area contributed by atoms with E-state index in [0.29, 0.717) is 5.69 Å². The molecule has 128 valence electrons. The van der Waals surface area contributed by atoms with Gasteiger partial charge in [-0.3, -0.25) is 9.59 Å². The normalized spacial score (nSPS) is 11.8. The molecule has 0 aliphatic carbocycles. The molecule has 1 N–H and O–H groups in total. The molecule has 1 aromatic heterocycles. The molecule has 0 saturated carbocycles. The molecule has 1 amide bonds. The number of nitrogens with one attached hydrogen (secondary N) is 1. The van der Waals surface area contributed by atoms with Crippen molar-refractivity contribution in [3.8, 4) is 0 Å². The second-order valence-corrected chi connectivity index (χ2v) is 6.64. The van der Waals surface area contributed by atoms with E-state index < -0.39 is 5.97 Å². The van der Waals surface area contributed by atoms with Crippen molar-refractivity contribution in [2.75, 3.05) is 6.61 Å². The number of carbonyl (C=O) groups is 2. The Morgan fingerprint density at radius 2 is 2.00 bits per heavy atom. The first-order chi connectivity index (χ1) is 11.5. The van der Waals surface area contributed by atoms with Crippen molar-refractivity contribution in [3.63, 3.8) is 0 Å². The molecular weight excluding hydrogens is 324 g/mol. The van der Waals surface area contributed by atoms with Crippen molar-refractivity contribution in [3.05, 3.63) is 51.5 Å². The fourth-order valence-corrected chi connectivity index (χ4v) is 2.86. The molecule has 0 aliphatic rings. The average molecular weight is 346 g/mol. The Hall–Kier alpha value is -2.21. The summed E-state index contributed by atoms with van der Waals surface area (Å²) in [7, 11) is 0. The van der Waals surface area contributed by atoms with Crippen LogP contribution in [-0.4, -0.2) is 23.5 Å². The minimum atomic E-state index is -0.449. The van der Waals surface area contributed by atoms with Crippen molar-refractivity contribution >= 4 is 23.2 Å². The number of esters is 1. The number of carbonyl (C=O) groups excluding carboxylic acids is 2. The number of aryl methyl sites for hydroxylation is 2. The van der Waals surface area contributed by atoms with Crippen molar-refractivity contribution in [2.45, 2.75) is 39.7 Å². The molecule has 0 bridgehead atoms. The zero-order valence-electron chi connectivity index (χ0n) is 14.2. The number of hydrogen-bond acceptors (Lipinski definition) is 5. The van der Waals surface area contributed by atoms with Gasteiger partial charge >= 0.3 is 5.97 Å². The van der Waals surface area contributed by atoms with Gasteiger partial charge in [-0.2, -0.15) is 0 Å². The van der Waals surface area contributed by atoms with Gasteiger partial charge in [0.15, 0.2) is 6.61 Å². The number of hydrogen-bond donors (Lipinski definition) is 1. The summed E-state index contributed by atoms with van der Waals surface area (Å²) in [5.74, 6) is -0.764. The van der Waals surface area contributed by atoms with Crippen molar-refractivity contribution in [2.24, 2.45) is 0 Å². The summed E-state index contributed by atoms with van der Waals surface area (Å²) in [6.45, 7) is 5.60. The molecule has 0 fully saturated rings. The van der Waals surface area contributed by atoms with Gasteiger partial charge in [0.1, 0.15) is 0 Å². The predicted molar refractivity (Wildman–Crippen MR) is 93.9 cm³/mol. The molecule has 0 aliphatic heterocycles. The van der Waals surface area contributed by atoms with E-state index in [1.165, 1.54) is 16.9 Å². The van der Waals surface area contributed by atoms with Gasteiger partial charge in [0.2, 0.25) is 0 Å². The van der Waals surface area contributed by atoms with E-state index >= 15 is 0 Å². The van der Waals surface area contributed by atoms with Gasteiger partial charge in [-0.1, -0.05) is 31.2 Å². The monoisotopic (exact) mass is 346 g/mol. The number of benzene rings is 1. The van der Waals surface area contributed by atoms with Crippen molar-refractivity contribution < 1.29 is 14.3 Å². The summed E-state index contributed by atoms with van der Waals surface area (Å²) in [6.07, 6.45) is 1.07. The van der Waals surface area contributed by atoms with Gasteiger partial charge in [-0.15, -0.1) is 11.3 Å². The van der Waals surface area contributed by atoms with E-state index in [9.17, 15) is 9.59 Å². The van der Waals surface area contributed by atoms with Gasteiger partial charge in [-0.25, -0.2) is 4.98 Å². The molecule has 0 spiro atoms. The molecule has 24 heavy (non-hydrogen) atoms. The number of amides is 1. The van der Waals surface area contributed by atoms with Crippen LogP contribution in [0.5, 0.6) is 0 Å². The SMILES string of the molecule is CCc1ccc(C(C)NC(=O)COC(=O)Cc2csc(C)n2)cc1. The zero-order valence-corrected chi connectivity index (χ0v) is 15.0. The highest BCUT2D eigenvalue weighted by atomic mass is 32.1. The predicted octanol–water partition coefficient (Wildman–Crippen LogP) is 2.98. The van der Waals surface area contributed by atoms with Crippen LogP contribution in [0.3, 0.4) is 0 Å². The molecule has 6 heteroatoms. The van der Waals surface area contributed by atoms with Crippen LogP contribution in [0.15, 0.2) is 29.6 Å². The Labute approximate surface area is 146 Å². The third-order valence-corrected chi connectivity index (χ3v) is 4.44. The van der Waals surface area contributed by atoms with Gasteiger partial charge in [-0.05, 0) is 31.4 Å². The van der Waals surface area contributed by atoms with E-state index in [2.05, 4.69) is 17.2 Å². The summed E-state index contributed by atoms with van der Waals surface area (Å²) >= 11 is 1.48. The van der Waals surface area contributed by atoms with Crippen LogP contribution in [-0.2, 0) is 27.2 Å². The molecule has 2 rings (SSSR count). The Kier molecular flexibility index (Phi) is 6.49. The van der Waals surface area contributed by atoms with Crippen LogP contribution in [0, 0.1) is 6.92 Å². The Bertz CT molecular complexity index is 695. The Morgan fingerprint density at radius 3 is 2.58 bits per heavy atom. The minimum Gasteiger partial charge on any atom is -0.455 e. The first-order valence-electron chi connectivity index (χ1n) is 7.92. The summed E-state index contributed by atoms with van der Waals surface area (Å²) in [5.41, 5.74) is 2.94. The lowest BCUT2D eigenvalue weighted by atomic mass is 10.1. The number of thiazole rings is 1. The largest absolute Gasteiger partial charge is 0.455 e. The lowest BCUT2D eigenvalue weighted by molar-refractivity contribution is -0.148. The van der Waals surface area contributed by atoms with E-state index in [0.717, 1.165) is 17.0 Å². The number of aromatic nitrogens is 1. The third-order valence-electron chi connectivity index (χ3n) is 3.62. The smallest absolute Gasteiger partial charge is 0.312 e. The van der Waals surface area contributed by atoms with Crippen LogP contribution >= 0.6 is 11.3 Å². The van der Waals surface area contributed by atoms with E-state index in [-0.39, 0.29) is 25.0 Å². The Morgan fingerprint density at radius 1 is 1.29 bits per heavy atom. The van der Waals surface area contributed by atoms with Crippen LogP contribution < -0.4 is 5.32 Å². The maximum Gasteiger partial charge on any atom is 0.312 e. The van der Waals surface area contributed by atoms with Gasteiger partial charge < -0.3 is 10.1 Å². The van der Waals surface area contributed by atoms with E-state index in [1.54, 1.807) is 0 Å². The zero-order chi connectivity index (χ0) is 17.5. The van der Waals surface area contributed by atoms with E-state index in [1.807, 2.05) is 43.5 Å². The quantitative estimate of drug-likeness (QED) is 0.783. The molecule has 0 saturated heterocycles. The molecule has 1 heterocycles. The van der Waals surface area contributed by atoms with Gasteiger partial charge in [0.25, 0.3) is 5.91 Å². The maximum atomic E-state index is 11.9. The summed E-state index contributed by atoms with van der Waals surface area (Å²) in [4.78, 5) is 27.8. The average Bonchev–Trinajstić information content (AvgIpc) is 2.98. The topological polar surface area (TPSA) is 68.3 Å². The summed E-state index contributed by atoms with van der Waals surface area (Å²) in [6, 6.07) is 7.96. The molecular formula is C18H22N2O3S. The summed E-state index contributed by atoms with van der Waals surface area (Å²) in [5, 5.41) is 5.55. The minimum absolute atomic E-state index is 0.0889. The van der Waals surface area contributed by atoms with Crippen molar-refractivity contribution in [1.82, 2.24) is 10.3 Å². The van der Waals surface area contributed by atoms with Crippen molar-refractivity contribution in [1.29, 1.82) is 0 Å². The third kappa shape index (κ3) is 5.45. The molecule has 5 nitrogen and oxygen atoms in total. The standard InChI is InChI=1S/C18H22N2O3S/c1-4-14-5-7-15(8-6-14)12(2)19-17(21)10-23-18(22)9-16-11-24-13(3)20-16/h5-8,11-12H,4,9-10H2,1-3H3,(H,19,21). The molecule has 1 unspecified atom stereocenters. The Balaban J connectivity index is 1.76. The van der Waals surface area contributed by atoms with Crippen LogP contribution in [0.4, 0.5) is 0 Å². The van der Waals surface area contributed by atoms with Gasteiger partial charge in [0.05, 0.1) is 23.2 Å². The molecule has 1 atom stereocenters. The van der Waals surface area contributed by atoms with Crippen LogP contribution in [0.2, 0.25) is 0 Å². The second-order valence-electron chi connectivity index (χ2n) is 5.58. The van der Waals surface area contributed by atoms with Crippen LogP contribution in [0.1, 0.15) is 41.7 Å². The molecule has 0 radical (unpaired) electrons. The second kappa shape index (κ2) is 8.59. The highest BCUT2D eigenvalue weighted by Gasteiger charge is 2.13. The van der Waals surface area contributed by atoms with E-state index in [4.69, 9.17) is 4.74 Å². The molecule has 2 aromatic rings. The fourth-order valence-electron chi connectivity index (χ4n) is 2.24. The number of rotatable bonds is 7. The maximum absolute atomic E-state index is 11.9. The fraction of sp³-hybridized carbons (Fsp3) is 0.389.